The van der Waals surface area contributed by atoms with Crippen LogP contribution in [0, 0.1) is 0 Å². The van der Waals surface area contributed by atoms with E-state index in [9.17, 15) is 0 Å². The second-order valence-electron chi connectivity index (χ2n) is 7.11. The summed E-state index contributed by atoms with van der Waals surface area (Å²) in [6, 6.07) is 9.65. The first kappa shape index (κ1) is 21.3. The Bertz CT molecular complexity index is 497. The van der Waals surface area contributed by atoms with Crippen LogP contribution < -0.4 is 15.5 Å². The van der Waals surface area contributed by atoms with Gasteiger partial charge >= 0.3 is 0 Å². The third-order valence-electron chi connectivity index (χ3n) is 4.21. The molecule has 0 atom stereocenters. The van der Waals surface area contributed by atoms with Gasteiger partial charge in [-0.2, -0.15) is 0 Å². The zero-order valence-corrected chi connectivity index (χ0v) is 17.1. The highest BCUT2D eigenvalue weighted by atomic mass is 15.2. The number of anilines is 1. The first-order valence-corrected chi connectivity index (χ1v) is 9.39. The number of benzene rings is 1. The fourth-order valence-electron chi connectivity index (χ4n) is 2.83. The van der Waals surface area contributed by atoms with E-state index in [1.54, 1.807) is 0 Å². The van der Waals surface area contributed by atoms with E-state index in [0.29, 0.717) is 18.6 Å². The van der Waals surface area contributed by atoms with E-state index in [0.717, 1.165) is 25.6 Å². The predicted octanol–water partition coefficient (Wildman–Crippen LogP) is 2.93. The lowest BCUT2D eigenvalue weighted by Crippen LogP contribution is -2.45. The largest absolute Gasteiger partial charge is 0.378 e. The maximum Gasteiger partial charge on any atom is 0.191 e. The van der Waals surface area contributed by atoms with Crippen LogP contribution in [0.1, 0.15) is 40.2 Å². The highest BCUT2D eigenvalue weighted by Crippen LogP contribution is 2.12. The molecule has 1 aromatic rings. The predicted molar refractivity (Wildman–Crippen MR) is 111 cm³/mol. The van der Waals surface area contributed by atoms with E-state index in [2.05, 4.69) is 93.4 Å². The molecule has 0 saturated heterocycles. The summed E-state index contributed by atoms with van der Waals surface area (Å²) in [6.45, 7) is 14.5. The number of hydrogen-bond acceptors (Lipinski definition) is 3. The Morgan fingerprint density at radius 1 is 1.00 bits per heavy atom. The molecule has 0 radical (unpaired) electrons. The molecule has 0 amide bonds. The molecular formula is C20H37N5. The van der Waals surface area contributed by atoms with E-state index in [1.165, 1.54) is 11.3 Å². The molecule has 0 unspecified atom stereocenters. The van der Waals surface area contributed by atoms with Crippen molar-refractivity contribution in [3.63, 3.8) is 0 Å². The number of nitrogens with one attached hydrogen (secondary N) is 2. The third kappa shape index (κ3) is 7.78. The summed E-state index contributed by atoms with van der Waals surface area (Å²) < 4.78 is 0. The van der Waals surface area contributed by atoms with Crippen LogP contribution in [-0.2, 0) is 6.54 Å². The summed E-state index contributed by atoms with van der Waals surface area (Å²) in [6.07, 6.45) is 0. The standard InChI is InChI=1S/C20H37N5/c1-8-21-20(22-13-14-25(16(2)3)17(4)5)23-15-18-9-11-19(12-10-18)24(6)7/h9-12,16-17H,8,13-15H2,1-7H3,(H2,21,22,23). The van der Waals surface area contributed by atoms with E-state index in [-0.39, 0.29) is 0 Å². The van der Waals surface area contributed by atoms with Crippen molar-refractivity contribution in [2.75, 3.05) is 38.6 Å². The zero-order chi connectivity index (χ0) is 18.8. The Morgan fingerprint density at radius 3 is 2.08 bits per heavy atom. The van der Waals surface area contributed by atoms with Crippen molar-refractivity contribution < 1.29 is 0 Å². The Hall–Kier alpha value is -1.75. The SMILES string of the molecule is CCNC(=NCc1ccc(N(C)C)cc1)NCCN(C(C)C)C(C)C. The lowest BCUT2D eigenvalue weighted by atomic mass is 10.2. The second kappa shape index (κ2) is 11.0. The van der Waals surface area contributed by atoms with Gasteiger partial charge in [0.05, 0.1) is 6.54 Å². The molecule has 0 aliphatic heterocycles. The first-order chi connectivity index (χ1) is 11.8. The molecule has 0 aliphatic carbocycles. The van der Waals surface area contributed by atoms with Gasteiger partial charge < -0.3 is 15.5 Å². The molecule has 5 heteroatoms. The van der Waals surface area contributed by atoms with Gasteiger partial charge in [0.2, 0.25) is 0 Å². The first-order valence-electron chi connectivity index (χ1n) is 9.39. The van der Waals surface area contributed by atoms with E-state index < -0.39 is 0 Å². The van der Waals surface area contributed by atoms with Gasteiger partial charge in [0.25, 0.3) is 0 Å². The number of hydrogen-bond donors (Lipinski definition) is 2. The number of guanidine groups is 1. The Kier molecular flexibility index (Phi) is 9.35. The molecule has 0 aromatic heterocycles. The molecular weight excluding hydrogens is 310 g/mol. The summed E-state index contributed by atoms with van der Waals surface area (Å²) in [5.41, 5.74) is 2.43. The van der Waals surface area contributed by atoms with Gasteiger partial charge in [-0.3, -0.25) is 4.90 Å². The Morgan fingerprint density at radius 2 is 1.60 bits per heavy atom. The highest BCUT2D eigenvalue weighted by Gasteiger charge is 2.12. The lowest BCUT2D eigenvalue weighted by molar-refractivity contribution is 0.178. The molecule has 0 heterocycles. The van der Waals surface area contributed by atoms with Crippen LogP contribution in [0.4, 0.5) is 5.69 Å². The summed E-state index contributed by atoms with van der Waals surface area (Å²) in [5.74, 6) is 0.881. The fourth-order valence-corrected chi connectivity index (χ4v) is 2.83. The molecule has 5 nitrogen and oxygen atoms in total. The molecule has 0 fully saturated rings. The number of nitrogens with zero attached hydrogens (tertiary/aromatic N) is 3. The van der Waals surface area contributed by atoms with Crippen LogP contribution in [0.15, 0.2) is 29.3 Å². The van der Waals surface area contributed by atoms with Gasteiger partial charge in [-0.25, -0.2) is 4.99 Å². The minimum absolute atomic E-state index is 0.552. The second-order valence-corrected chi connectivity index (χ2v) is 7.11. The molecule has 1 rings (SSSR count). The van der Waals surface area contributed by atoms with Gasteiger partial charge in [0.1, 0.15) is 0 Å². The highest BCUT2D eigenvalue weighted by molar-refractivity contribution is 5.79. The van der Waals surface area contributed by atoms with Crippen LogP contribution in [0.25, 0.3) is 0 Å². The maximum atomic E-state index is 4.71. The summed E-state index contributed by atoms with van der Waals surface area (Å²) in [4.78, 5) is 9.29. The van der Waals surface area contributed by atoms with Crippen molar-refractivity contribution >= 4 is 11.6 Å². The summed E-state index contributed by atoms with van der Waals surface area (Å²) in [5, 5.41) is 6.78. The molecule has 2 N–H and O–H groups in total. The molecule has 25 heavy (non-hydrogen) atoms. The molecule has 1 aromatic carbocycles. The van der Waals surface area contributed by atoms with E-state index >= 15 is 0 Å². The van der Waals surface area contributed by atoms with Crippen molar-refractivity contribution in [3.05, 3.63) is 29.8 Å². The van der Waals surface area contributed by atoms with Crippen LogP contribution in [-0.4, -0.2) is 56.7 Å². The number of rotatable bonds is 9. The topological polar surface area (TPSA) is 42.9 Å². The van der Waals surface area contributed by atoms with Gasteiger partial charge in [0, 0.05) is 51.5 Å². The molecule has 0 saturated carbocycles. The minimum Gasteiger partial charge on any atom is -0.378 e. The van der Waals surface area contributed by atoms with Crippen LogP contribution in [0.5, 0.6) is 0 Å². The smallest absolute Gasteiger partial charge is 0.191 e. The Labute approximate surface area is 154 Å². The van der Waals surface area contributed by atoms with Crippen LogP contribution >= 0.6 is 0 Å². The average Bonchev–Trinajstić information content (AvgIpc) is 2.56. The third-order valence-corrected chi connectivity index (χ3v) is 4.21. The van der Waals surface area contributed by atoms with Crippen molar-refractivity contribution in [1.29, 1.82) is 0 Å². The maximum absolute atomic E-state index is 4.71. The molecule has 142 valence electrons. The van der Waals surface area contributed by atoms with Crippen molar-refractivity contribution in [2.45, 2.75) is 53.2 Å². The van der Waals surface area contributed by atoms with E-state index in [1.807, 2.05) is 0 Å². The van der Waals surface area contributed by atoms with E-state index in [4.69, 9.17) is 4.99 Å². The normalized spacial score (nSPS) is 12.2. The molecule has 0 spiro atoms. The summed E-state index contributed by atoms with van der Waals surface area (Å²) >= 11 is 0. The monoisotopic (exact) mass is 347 g/mol. The fraction of sp³-hybridized carbons (Fsp3) is 0.650. The minimum atomic E-state index is 0.552. The van der Waals surface area contributed by atoms with Gasteiger partial charge in [0.15, 0.2) is 5.96 Å². The van der Waals surface area contributed by atoms with Crippen molar-refractivity contribution in [1.82, 2.24) is 15.5 Å². The van der Waals surface area contributed by atoms with Crippen LogP contribution in [0.2, 0.25) is 0 Å². The Balaban J connectivity index is 2.58. The van der Waals surface area contributed by atoms with Crippen LogP contribution in [0.3, 0.4) is 0 Å². The summed E-state index contributed by atoms with van der Waals surface area (Å²) in [7, 11) is 4.11. The van der Waals surface area contributed by atoms with Crippen molar-refractivity contribution in [2.24, 2.45) is 4.99 Å². The quantitative estimate of drug-likeness (QED) is 0.532. The molecule has 0 bridgehead atoms. The van der Waals surface area contributed by atoms with Crippen molar-refractivity contribution in [3.8, 4) is 0 Å². The lowest BCUT2D eigenvalue weighted by Gasteiger charge is -2.30. The average molecular weight is 348 g/mol. The molecule has 0 aliphatic rings. The van der Waals surface area contributed by atoms with Gasteiger partial charge in [-0.05, 0) is 52.3 Å². The number of aliphatic imine (C=N–C) groups is 1. The van der Waals surface area contributed by atoms with Gasteiger partial charge in [-0.15, -0.1) is 0 Å². The van der Waals surface area contributed by atoms with Gasteiger partial charge in [-0.1, -0.05) is 12.1 Å². The zero-order valence-electron chi connectivity index (χ0n) is 17.1.